The van der Waals surface area contributed by atoms with Gasteiger partial charge in [-0.15, -0.1) is 0 Å². The molecule has 0 aliphatic carbocycles. The molecule has 0 fully saturated rings. The number of hydrogen-bond donors (Lipinski definition) is 1. The molecule has 0 aliphatic rings. The number of ketones is 1. The van der Waals surface area contributed by atoms with Crippen LogP contribution in [-0.4, -0.2) is 25.0 Å². The highest BCUT2D eigenvalue weighted by molar-refractivity contribution is 6.13. The van der Waals surface area contributed by atoms with Crippen LogP contribution in [0.15, 0.2) is 12.1 Å². The zero-order valence-corrected chi connectivity index (χ0v) is 12.0. The topological polar surface area (TPSA) is 51.3 Å². The maximum atomic E-state index is 12.4. The van der Waals surface area contributed by atoms with E-state index >= 15 is 0 Å². The first-order valence-corrected chi connectivity index (χ1v) is 6.28. The Balaban J connectivity index is 2.84. The van der Waals surface area contributed by atoms with Crippen molar-refractivity contribution in [1.82, 2.24) is 4.98 Å². The fourth-order valence-corrected chi connectivity index (χ4v) is 2.31. The van der Waals surface area contributed by atoms with Gasteiger partial charge in [-0.2, -0.15) is 0 Å². The molecule has 1 aromatic carbocycles. The second-order valence-corrected chi connectivity index (χ2v) is 4.86. The van der Waals surface area contributed by atoms with Crippen molar-refractivity contribution in [2.75, 3.05) is 14.2 Å². The molecule has 0 saturated heterocycles. The molecule has 0 spiro atoms. The number of Topliss-reactive ketones (excluding diaryl/α,β-unsaturated/α-hetero) is 1. The minimum Gasteiger partial charge on any atom is -0.496 e. The molecule has 2 aromatic rings. The van der Waals surface area contributed by atoms with Crippen molar-refractivity contribution in [3.05, 3.63) is 23.4 Å². The predicted octanol–water partition coefficient (Wildman–Crippen LogP) is 3.33. The van der Waals surface area contributed by atoms with E-state index in [9.17, 15) is 4.79 Å². The summed E-state index contributed by atoms with van der Waals surface area (Å²) >= 11 is 0. The molecule has 2 rings (SSSR count). The maximum absolute atomic E-state index is 12.4. The van der Waals surface area contributed by atoms with E-state index in [0.717, 1.165) is 16.6 Å². The highest BCUT2D eigenvalue weighted by atomic mass is 16.5. The number of carbonyl (C=O) groups excluding carboxylic acids is 1. The number of nitrogens with one attached hydrogen (secondary N) is 1. The van der Waals surface area contributed by atoms with Crippen LogP contribution in [0, 0.1) is 12.8 Å². The van der Waals surface area contributed by atoms with Gasteiger partial charge in [-0.05, 0) is 19.1 Å². The number of aryl methyl sites for hydroxylation is 1. The first kappa shape index (κ1) is 13.5. The lowest BCUT2D eigenvalue weighted by Gasteiger charge is -2.09. The number of ether oxygens (including phenoxy) is 2. The third-order valence-electron chi connectivity index (χ3n) is 3.28. The molecule has 0 unspecified atom stereocenters. The van der Waals surface area contributed by atoms with E-state index in [1.54, 1.807) is 14.2 Å². The Kier molecular flexibility index (Phi) is 3.51. The molecule has 4 nitrogen and oxygen atoms in total. The first-order valence-electron chi connectivity index (χ1n) is 6.28. The van der Waals surface area contributed by atoms with Gasteiger partial charge in [0.2, 0.25) is 0 Å². The molecule has 0 atom stereocenters. The molecular weight excluding hydrogens is 242 g/mol. The van der Waals surface area contributed by atoms with Gasteiger partial charge in [-0.1, -0.05) is 13.8 Å². The SMILES string of the molecule is COc1ccc(OC)c2c(C(=O)C(C)C)c(C)[nH]c12. The molecule has 102 valence electrons. The Morgan fingerprint density at radius 1 is 1.16 bits per heavy atom. The normalized spacial score (nSPS) is 11.1. The van der Waals surface area contributed by atoms with Crippen molar-refractivity contribution < 1.29 is 14.3 Å². The van der Waals surface area contributed by atoms with Gasteiger partial charge in [0.05, 0.1) is 25.1 Å². The summed E-state index contributed by atoms with van der Waals surface area (Å²) in [5.74, 6) is 1.44. The zero-order chi connectivity index (χ0) is 14.2. The summed E-state index contributed by atoms with van der Waals surface area (Å²) in [4.78, 5) is 15.6. The van der Waals surface area contributed by atoms with E-state index < -0.39 is 0 Å². The number of H-pyrrole nitrogens is 1. The molecular formula is C15H19NO3. The van der Waals surface area contributed by atoms with E-state index in [1.807, 2.05) is 32.9 Å². The predicted molar refractivity (Wildman–Crippen MR) is 75.3 cm³/mol. The Morgan fingerprint density at radius 3 is 2.26 bits per heavy atom. The summed E-state index contributed by atoms with van der Waals surface area (Å²) in [5, 5.41) is 0.804. The van der Waals surface area contributed by atoms with Crippen LogP contribution in [0.5, 0.6) is 11.5 Å². The first-order chi connectivity index (χ1) is 9.01. The summed E-state index contributed by atoms with van der Waals surface area (Å²) < 4.78 is 10.7. The lowest BCUT2D eigenvalue weighted by molar-refractivity contribution is 0.0940. The number of aromatic amines is 1. The maximum Gasteiger partial charge on any atom is 0.167 e. The summed E-state index contributed by atoms with van der Waals surface area (Å²) in [6.45, 7) is 5.69. The average molecular weight is 261 g/mol. The quantitative estimate of drug-likeness (QED) is 0.859. The minimum absolute atomic E-state index is 0.0615. The molecule has 0 aliphatic heterocycles. The lowest BCUT2D eigenvalue weighted by Crippen LogP contribution is -2.08. The number of aromatic nitrogens is 1. The van der Waals surface area contributed by atoms with E-state index in [2.05, 4.69) is 4.98 Å². The largest absolute Gasteiger partial charge is 0.496 e. The smallest absolute Gasteiger partial charge is 0.167 e. The van der Waals surface area contributed by atoms with E-state index in [4.69, 9.17) is 9.47 Å². The number of benzene rings is 1. The number of rotatable bonds is 4. The molecule has 0 amide bonds. The van der Waals surface area contributed by atoms with Crippen molar-refractivity contribution in [2.24, 2.45) is 5.92 Å². The third kappa shape index (κ3) is 2.07. The molecule has 0 radical (unpaired) electrons. The van der Waals surface area contributed by atoms with Crippen LogP contribution in [0.2, 0.25) is 0 Å². The molecule has 4 heteroatoms. The van der Waals surface area contributed by atoms with E-state index in [-0.39, 0.29) is 11.7 Å². The van der Waals surface area contributed by atoms with Crippen LogP contribution in [-0.2, 0) is 0 Å². The van der Waals surface area contributed by atoms with Gasteiger partial charge < -0.3 is 14.5 Å². The van der Waals surface area contributed by atoms with Crippen LogP contribution >= 0.6 is 0 Å². The molecule has 1 N–H and O–H groups in total. The van der Waals surface area contributed by atoms with Crippen molar-refractivity contribution in [2.45, 2.75) is 20.8 Å². The summed E-state index contributed by atoms with van der Waals surface area (Å²) in [6.07, 6.45) is 0. The van der Waals surface area contributed by atoms with E-state index in [1.165, 1.54) is 0 Å². The van der Waals surface area contributed by atoms with Gasteiger partial charge in [0.1, 0.15) is 11.5 Å². The molecule has 0 saturated carbocycles. The number of fused-ring (bicyclic) bond motifs is 1. The fourth-order valence-electron chi connectivity index (χ4n) is 2.31. The Bertz CT molecular complexity index is 626. The van der Waals surface area contributed by atoms with Crippen LogP contribution in [0.3, 0.4) is 0 Å². The minimum atomic E-state index is -0.0615. The van der Waals surface area contributed by atoms with Crippen molar-refractivity contribution in [3.8, 4) is 11.5 Å². The number of hydrogen-bond acceptors (Lipinski definition) is 3. The van der Waals surface area contributed by atoms with Crippen LogP contribution < -0.4 is 9.47 Å². The Morgan fingerprint density at radius 2 is 1.74 bits per heavy atom. The highest BCUT2D eigenvalue weighted by Crippen LogP contribution is 2.37. The van der Waals surface area contributed by atoms with Gasteiger partial charge in [-0.3, -0.25) is 4.79 Å². The zero-order valence-electron chi connectivity index (χ0n) is 12.0. The van der Waals surface area contributed by atoms with Crippen LogP contribution in [0.4, 0.5) is 0 Å². The van der Waals surface area contributed by atoms with Crippen molar-refractivity contribution in [1.29, 1.82) is 0 Å². The molecule has 0 bridgehead atoms. The highest BCUT2D eigenvalue weighted by Gasteiger charge is 2.23. The Hall–Kier alpha value is -1.97. The standard InChI is InChI=1S/C15H19NO3/c1-8(2)15(17)12-9(3)16-14-11(19-5)7-6-10(18-4)13(12)14/h6-8,16H,1-5H3. The molecule has 19 heavy (non-hydrogen) atoms. The van der Waals surface area contributed by atoms with E-state index in [0.29, 0.717) is 17.1 Å². The van der Waals surface area contributed by atoms with Crippen LogP contribution in [0.1, 0.15) is 29.9 Å². The third-order valence-corrected chi connectivity index (χ3v) is 3.28. The van der Waals surface area contributed by atoms with Gasteiger partial charge in [-0.25, -0.2) is 0 Å². The van der Waals surface area contributed by atoms with Gasteiger partial charge in [0.25, 0.3) is 0 Å². The second-order valence-electron chi connectivity index (χ2n) is 4.86. The fraction of sp³-hybridized carbons (Fsp3) is 0.400. The second kappa shape index (κ2) is 4.96. The monoisotopic (exact) mass is 261 g/mol. The molecule has 1 aromatic heterocycles. The number of carbonyl (C=O) groups is 1. The number of methoxy groups -OCH3 is 2. The molecule has 1 heterocycles. The summed E-state index contributed by atoms with van der Waals surface area (Å²) in [6, 6.07) is 3.66. The van der Waals surface area contributed by atoms with Crippen molar-refractivity contribution >= 4 is 16.7 Å². The lowest BCUT2D eigenvalue weighted by atomic mass is 9.98. The van der Waals surface area contributed by atoms with Gasteiger partial charge >= 0.3 is 0 Å². The van der Waals surface area contributed by atoms with Gasteiger partial charge in [0.15, 0.2) is 5.78 Å². The summed E-state index contributed by atoms with van der Waals surface area (Å²) in [5.41, 5.74) is 2.35. The van der Waals surface area contributed by atoms with Crippen LogP contribution in [0.25, 0.3) is 10.9 Å². The Labute approximate surface area is 112 Å². The average Bonchev–Trinajstić information content (AvgIpc) is 2.73. The van der Waals surface area contributed by atoms with Gasteiger partial charge in [0, 0.05) is 17.2 Å². The van der Waals surface area contributed by atoms with Crippen molar-refractivity contribution in [3.63, 3.8) is 0 Å². The summed E-state index contributed by atoms with van der Waals surface area (Å²) in [7, 11) is 3.22.